The third kappa shape index (κ3) is 3.90. The zero-order valence-corrected chi connectivity index (χ0v) is 14.3. The topological polar surface area (TPSA) is 63.2 Å². The van der Waals surface area contributed by atoms with E-state index < -0.39 is 11.9 Å². The Bertz CT molecular complexity index is 822. The zero-order valence-electron chi connectivity index (χ0n) is 14.3. The first-order chi connectivity index (χ1) is 12.9. The van der Waals surface area contributed by atoms with Crippen LogP contribution in [0.2, 0.25) is 0 Å². The molecule has 0 radical (unpaired) electrons. The number of nitrogens with one attached hydrogen (secondary N) is 2. The number of aromatic nitrogens is 1. The van der Waals surface area contributed by atoms with E-state index >= 15 is 0 Å². The van der Waals surface area contributed by atoms with Crippen molar-refractivity contribution >= 4 is 5.91 Å². The fraction of sp³-hybridized carbons (Fsp3) is 0.368. The standard InChI is InChI=1S/C19H18F3N3O2/c20-19(21,22)17-8-6-14(10-23-17)27-13-4-1-11(2-5-13)18(26)25-16-9-12-3-7-15(16)24-12/h1-2,4-6,8,10,12,15-16,24H,3,7,9H2,(H,25,26)/t12-,15+,16-/m1/s1. The maximum absolute atomic E-state index is 12.5. The summed E-state index contributed by atoms with van der Waals surface area (Å²) in [7, 11) is 0. The van der Waals surface area contributed by atoms with Gasteiger partial charge >= 0.3 is 6.18 Å². The lowest BCUT2D eigenvalue weighted by atomic mass is 9.95. The van der Waals surface area contributed by atoms with Crippen LogP contribution >= 0.6 is 0 Å². The summed E-state index contributed by atoms with van der Waals surface area (Å²) < 4.78 is 43.0. The van der Waals surface area contributed by atoms with Gasteiger partial charge in [0.05, 0.1) is 6.20 Å². The predicted octanol–water partition coefficient (Wildman–Crippen LogP) is 3.52. The minimum atomic E-state index is -4.48. The molecular formula is C19H18F3N3O2. The number of benzene rings is 1. The van der Waals surface area contributed by atoms with Gasteiger partial charge in [0.25, 0.3) is 5.91 Å². The van der Waals surface area contributed by atoms with Crippen molar-refractivity contribution in [2.24, 2.45) is 0 Å². The first-order valence-electron chi connectivity index (χ1n) is 8.76. The van der Waals surface area contributed by atoms with Crippen LogP contribution in [0.1, 0.15) is 35.3 Å². The highest BCUT2D eigenvalue weighted by molar-refractivity contribution is 5.94. The first kappa shape index (κ1) is 17.8. The summed E-state index contributed by atoms with van der Waals surface area (Å²) in [6, 6.07) is 9.55. The molecule has 2 bridgehead atoms. The molecular weight excluding hydrogens is 359 g/mol. The lowest BCUT2D eigenvalue weighted by Gasteiger charge is -2.21. The molecule has 142 valence electrons. The summed E-state index contributed by atoms with van der Waals surface area (Å²) in [6.07, 6.45) is -0.253. The average molecular weight is 377 g/mol. The molecule has 1 aromatic heterocycles. The quantitative estimate of drug-likeness (QED) is 0.856. The number of carbonyl (C=O) groups is 1. The van der Waals surface area contributed by atoms with Crippen molar-refractivity contribution in [2.45, 2.75) is 43.6 Å². The molecule has 2 aliphatic rings. The fourth-order valence-electron chi connectivity index (χ4n) is 3.65. The van der Waals surface area contributed by atoms with E-state index in [1.807, 2.05) is 0 Å². The van der Waals surface area contributed by atoms with E-state index in [9.17, 15) is 18.0 Å². The molecule has 0 saturated carbocycles. The van der Waals surface area contributed by atoms with Gasteiger partial charge in [-0.05, 0) is 55.7 Å². The summed E-state index contributed by atoms with van der Waals surface area (Å²) in [5.41, 5.74) is -0.465. The molecule has 1 amide bonds. The van der Waals surface area contributed by atoms with Crippen molar-refractivity contribution in [3.63, 3.8) is 0 Å². The summed E-state index contributed by atoms with van der Waals surface area (Å²) in [5, 5.41) is 6.53. The second-order valence-corrected chi connectivity index (χ2v) is 6.87. The van der Waals surface area contributed by atoms with Crippen LogP contribution in [-0.2, 0) is 6.18 Å². The number of nitrogens with zero attached hydrogens (tertiary/aromatic N) is 1. The third-order valence-corrected chi connectivity index (χ3v) is 5.00. The average Bonchev–Trinajstić information content (AvgIpc) is 3.25. The van der Waals surface area contributed by atoms with E-state index in [0.717, 1.165) is 25.1 Å². The molecule has 3 atom stereocenters. The molecule has 2 fully saturated rings. The highest BCUT2D eigenvalue weighted by atomic mass is 19.4. The van der Waals surface area contributed by atoms with Crippen molar-refractivity contribution in [3.8, 4) is 11.5 Å². The number of hydrogen-bond donors (Lipinski definition) is 2. The zero-order chi connectivity index (χ0) is 19.0. The number of halogens is 3. The monoisotopic (exact) mass is 377 g/mol. The van der Waals surface area contributed by atoms with Gasteiger partial charge in [-0.15, -0.1) is 0 Å². The largest absolute Gasteiger partial charge is 0.456 e. The van der Waals surface area contributed by atoms with Crippen LogP contribution in [0.15, 0.2) is 42.6 Å². The molecule has 0 spiro atoms. The molecule has 0 unspecified atom stereocenters. The minimum Gasteiger partial charge on any atom is -0.456 e. The maximum atomic E-state index is 12.5. The SMILES string of the molecule is O=C(N[C@@H]1C[C@H]2CC[C@@H]1N2)c1ccc(Oc2ccc(C(F)(F)F)nc2)cc1. The number of hydrogen-bond acceptors (Lipinski definition) is 4. The van der Waals surface area contributed by atoms with Crippen molar-refractivity contribution in [1.29, 1.82) is 0 Å². The van der Waals surface area contributed by atoms with Gasteiger partial charge in [-0.1, -0.05) is 0 Å². The number of fused-ring (bicyclic) bond motifs is 2. The number of alkyl halides is 3. The highest BCUT2D eigenvalue weighted by Gasteiger charge is 2.39. The third-order valence-electron chi connectivity index (χ3n) is 5.00. The van der Waals surface area contributed by atoms with Crippen molar-refractivity contribution in [3.05, 3.63) is 53.9 Å². The van der Waals surface area contributed by atoms with Crippen LogP contribution in [0.5, 0.6) is 11.5 Å². The molecule has 0 aliphatic carbocycles. The summed E-state index contributed by atoms with van der Waals surface area (Å²) in [4.78, 5) is 15.7. The van der Waals surface area contributed by atoms with E-state index in [4.69, 9.17) is 4.74 Å². The molecule has 2 N–H and O–H groups in total. The Balaban J connectivity index is 1.36. The van der Waals surface area contributed by atoms with Crippen molar-refractivity contribution in [1.82, 2.24) is 15.6 Å². The van der Waals surface area contributed by atoms with Crippen LogP contribution < -0.4 is 15.4 Å². The highest BCUT2D eigenvalue weighted by Crippen LogP contribution is 2.30. The van der Waals surface area contributed by atoms with Gasteiger partial charge in [-0.3, -0.25) is 4.79 Å². The van der Waals surface area contributed by atoms with Gasteiger partial charge in [-0.25, -0.2) is 4.98 Å². The second kappa shape index (κ2) is 6.84. The van der Waals surface area contributed by atoms with Crippen molar-refractivity contribution in [2.75, 3.05) is 0 Å². The first-order valence-corrected chi connectivity index (χ1v) is 8.76. The number of pyridine rings is 1. The normalized spacial score (nSPS) is 24.0. The Hall–Kier alpha value is -2.61. The number of rotatable bonds is 4. The van der Waals surface area contributed by atoms with Crippen LogP contribution in [0.4, 0.5) is 13.2 Å². The van der Waals surface area contributed by atoms with Gasteiger partial charge in [-0.2, -0.15) is 13.2 Å². The van der Waals surface area contributed by atoms with E-state index in [0.29, 0.717) is 23.4 Å². The Kier molecular flexibility index (Phi) is 4.51. The molecule has 2 aromatic rings. The molecule has 2 aliphatic heterocycles. The van der Waals surface area contributed by atoms with Gasteiger partial charge in [0, 0.05) is 23.7 Å². The maximum Gasteiger partial charge on any atom is 0.433 e. The number of ether oxygens (including phenoxy) is 1. The van der Waals surface area contributed by atoms with E-state index in [1.165, 1.54) is 12.5 Å². The lowest BCUT2D eigenvalue weighted by Crippen LogP contribution is -2.42. The Labute approximate surface area is 153 Å². The molecule has 27 heavy (non-hydrogen) atoms. The second-order valence-electron chi connectivity index (χ2n) is 6.87. The molecule has 5 nitrogen and oxygen atoms in total. The smallest absolute Gasteiger partial charge is 0.433 e. The molecule has 8 heteroatoms. The Morgan fingerprint density at radius 2 is 1.85 bits per heavy atom. The number of amides is 1. The lowest BCUT2D eigenvalue weighted by molar-refractivity contribution is -0.141. The van der Waals surface area contributed by atoms with Gasteiger partial charge in [0.1, 0.15) is 17.2 Å². The van der Waals surface area contributed by atoms with Gasteiger partial charge in [0.15, 0.2) is 0 Å². The predicted molar refractivity (Wildman–Crippen MR) is 91.6 cm³/mol. The van der Waals surface area contributed by atoms with Gasteiger partial charge < -0.3 is 15.4 Å². The summed E-state index contributed by atoms with van der Waals surface area (Å²) in [6.45, 7) is 0. The Morgan fingerprint density at radius 3 is 2.41 bits per heavy atom. The van der Waals surface area contributed by atoms with E-state index in [2.05, 4.69) is 15.6 Å². The summed E-state index contributed by atoms with van der Waals surface area (Å²) in [5.74, 6) is 0.458. The summed E-state index contributed by atoms with van der Waals surface area (Å²) >= 11 is 0. The van der Waals surface area contributed by atoms with Crippen LogP contribution in [-0.4, -0.2) is 29.0 Å². The van der Waals surface area contributed by atoms with Crippen LogP contribution in [0.25, 0.3) is 0 Å². The molecule has 4 rings (SSSR count). The Morgan fingerprint density at radius 1 is 1.11 bits per heavy atom. The van der Waals surface area contributed by atoms with Gasteiger partial charge in [0.2, 0.25) is 0 Å². The molecule has 1 aromatic carbocycles. The van der Waals surface area contributed by atoms with Crippen LogP contribution in [0, 0.1) is 0 Å². The van der Waals surface area contributed by atoms with E-state index in [-0.39, 0.29) is 17.7 Å². The van der Waals surface area contributed by atoms with Crippen molar-refractivity contribution < 1.29 is 22.7 Å². The van der Waals surface area contributed by atoms with Crippen LogP contribution in [0.3, 0.4) is 0 Å². The van der Waals surface area contributed by atoms with E-state index in [1.54, 1.807) is 24.3 Å². The molecule has 3 heterocycles. The fourth-order valence-corrected chi connectivity index (χ4v) is 3.65. The number of carbonyl (C=O) groups excluding carboxylic acids is 1. The molecule has 2 saturated heterocycles. The minimum absolute atomic E-state index is 0.142.